The third-order valence-electron chi connectivity index (χ3n) is 2.79. The van der Waals surface area contributed by atoms with Gasteiger partial charge in [0.1, 0.15) is 0 Å². The molecule has 0 bridgehead atoms. The van der Waals surface area contributed by atoms with Gasteiger partial charge in [-0.05, 0) is 26.8 Å². The molecule has 3 unspecified atom stereocenters. The van der Waals surface area contributed by atoms with E-state index in [1.54, 1.807) is 0 Å². The molecule has 4 heteroatoms. The highest BCUT2D eigenvalue weighted by Gasteiger charge is 2.22. The Morgan fingerprint density at radius 3 is 2.93 bits per heavy atom. The molecule has 2 N–H and O–H groups in total. The summed E-state index contributed by atoms with van der Waals surface area (Å²) in [5.74, 6) is 0.177. The quantitative estimate of drug-likeness (QED) is 0.717. The molecule has 15 heavy (non-hydrogen) atoms. The molecule has 3 atom stereocenters. The lowest BCUT2D eigenvalue weighted by Crippen LogP contribution is -2.44. The number of carbonyl (C=O) groups excluding carboxylic acids is 1. The van der Waals surface area contributed by atoms with E-state index in [2.05, 4.69) is 17.6 Å². The Labute approximate surface area is 91.8 Å². The van der Waals surface area contributed by atoms with Crippen LogP contribution in [0.4, 0.5) is 0 Å². The van der Waals surface area contributed by atoms with E-state index in [-0.39, 0.29) is 17.9 Å². The fraction of sp³-hybridized carbons (Fsp3) is 0.909. The molecular formula is C11H22N2O2. The summed E-state index contributed by atoms with van der Waals surface area (Å²) in [5.41, 5.74) is 0. The number of hydrogen-bond acceptors (Lipinski definition) is 3. The van der Waals surface area contributed by atoms with Gasteiger partial charge in [-0.25, -0.2) is 0 Å². The minimum atomic E-state index is 0.0353. The second-order valence-corrected chi connectivity index (χ2v) is 4.37. The highest BCUT2D eigenvalue weighted by Crippen LogP contribution is 2.13. The summed E-state index contributed by atoms with van der Waals surface area (Å²) in [4.78, 5) is 11.7. The first-order valence-corrected chi connectivity index (χ1v) is 5.70. The minimum absolute atomic E-state index is 0.0353. The maximum atomic E-state index is 11.7. The molecule has 1 rings (SSSR count). The van der Waals surface area contributed by atoms with Gasteiger partial charge < -0.3 is 15.4 Å². The van der Waals surface area contributed by atoms with E-state index in [1.807, 2.05) is 14.0 Å². The molecule has 1 saturated heterocycles. The van der Waals surface area contributed by atoms with Crippen LogP contribution >= 0.6 is 0 Å². The topological polar surface area (TPSA) is 50.4 Å². The van der Waals surface area contributed by atoms with E-state index in [4.69, 9.17) is 4.74 Å². The van der Waals surface area contributed by atoms with Crippen molar-refractivity contribution < 1.29 is 9.53 Å². The minimum Gasteiger partial charge on any atom is -0.378 e. The van der Waals surface area contributed by atoms with Crippen LogP contribution in [0.2, 0.25) is 0 Å². The standard InChI is InChI=1S/C11H22N2O2/c1-8(7-12-3)11(14)13-10-4-5-15-9(2)6-10/h8-10,12H,4-7H2,1-3H3,(H,13,14). The van der Waals surface area contributed by atoms with Gasteiger partial charge in [0.05, 0.1) is 6.10 Å². The Kier molecular flexibility index (Phi) is 5.05. The number of nitrogens with one attached hydrogen (secondary N) is 2. The van der Waals surface area contributed by atoms with Crippen LogP contribution in [0.15, 0.2) is 0 Å². The fourth-order valence-corrected chi connectivity index (χ4v) is 1.87. The van der Waals surface area contributed by atoms with Crippen LogP contribution in [-0.4, -0.2) is 38.3 Å². The lowest BCUT2D eigenvalue weighted by molar-refractivity contribution is -0.126. The molecule has 1 aliphatic heterocycles. The summed E-state index contributed by atoms with van der Waals surface area (Å²) in [7, 11) is 1.86. The molecule has 0 aromatic heterocycles. The van der Waals surface area contributed by atoms with Crippen molar-refractivity contribution >= 4 is 5.91 Å². The first-order valence-electron chi connectivity index (χ1n) is 5.70. The first-order chi connectivity index (χ1) is 7.13. The maximum Gasteiger partial charge on any atom is 0.224 e. The molecule has 0 aliphatic carbocycles. The highest BCUT2D eigenvalue weighted by molar-refractivity contribution is 5.78. The van der Waals surface area contributed by atoms with Crippen molar-refractivity contribution in [3.05, 3.63) is 0 Å². The zero-order valence-electron chi connectivity index (χ0n) is 9.88. The molecule has 1 aliphatic rings. The van der Waals surface area contributed by atoms with Crippen molar-refractivity contribution in [3.8, 4) is 0 Å². The first kappa shape index (κ1) is 12.5. The van der Waals surface area contributed by atoms with Gasteiger partial charge in [0.2, 0.25) is 5.91 Å². The normalized spacial score (nSPS) is 28.5. The Morgan fingerprint density at radius 2 is 2.33 bits per heavy atom. The zero-order valence-corrected chi connectivity index (χ0v) is 9.88. The van der Waals surface area contributed by atoms with Crippen molar-refractivity contribution in [2.45, 2.75) is 38.8 Å². The molecule has 4 nitrogen and oxygen atoms in total. The van der Waals surface area contributed by atoms with Crippen molar-refractivity contribution in [3.63, 3.8) is 0 Å². The molecule has 0 saturated carbocycles. The monoisotopic (exact) mass is 214 g/mol. The lowest BCUT2D eigenvalue weighted by Gasteiger charge is -2.28. The third kappa shape index (κ3) is 4.18. The average Bonchev–Trinajstić information content (AvgIpc) is 2.18. The zero-order chi connectivity index (χ0) is 11.3. The summed E-state index contributed by atoms with van der Waals surface area (Å²) in [5, 5.41) is 6.08. The molecular weight excluding hydrogens is 192 g/mol. The van der Waals surface area contributed by atoms with Crippen LogP contribution in [0, 0.1) is 5.92 Å². The van der Waals surface area contributed by atoms with Crippen LogP contribution in [0.5, 0.6) is 0 Å². The molecule has 0 radical (unpaired) electrons. The second kappa shape index (κ2) is 6.08. The number of carbonyl (C=O) groups is 1. The molecule has 0 aromatic rings. The van der Waals surface area contributed by atoms with Crippen LogP contribution in [0.25, 0.3) is 0 Å². The van der Waals surface area contributed by atoms with E-state index < -0.39 is 0 Å². The van der Waals surface area contributed by atoms with Crippen molar-refractivity contribution in [1.82, 2.24) is 10.6 Å². The van der Waals surface area contributed by atoms with E-state index >= 15 is 0 Å². The SMILES string of the molecule is CNCC(C)C(=O)NC1CCOC(C)C1. The smallest absolute Gasteiger partial charge is 0.224 e. The summed E-state index contributed by atoms with van der Waals surface area (Å²) < 4.78 is 5.43. The van der Waals surface area contributed by atoms with E-state index in [1.165, 1.54) is 0 Å². The highest BCUT2D eigenvalue weighted by atomic mass is 16.5. The van der Waals surface area contributed by atoms with Gasteiger partial charge in [-0.1, -0.05) is 6.92 Å². The van der Waals surface area contributed by atoms with Crippen molar-refractivity contribution in [2.24, 2.45) is 5.92 Å². The fourth-order valence-electron chi connectivity index (χ4n) is 1.87. The number of amides is 1. The van der Waals surface area contributed by atoms with Crippen LogP contribution in [0.3, 0.4) is 0 Å². The van der Waals surface area contributed by atoms with Gasteiger partial charge in [-0.15, -0.1) is 0 Å². The Bertz CT molecular complexity index is 209. The van der Waals surface area contributed by atoms with Crippen molar-refractivity contribution in [2.75, 3.05) is 20.2 Å². The van der Waals surface area contributed by atoms with E-state index in [0.29, 0.717) is 6.04 Å². The Morgan fingerprint density at radius 1 is 1.60 bits per heavy atom. The van der Waals surface area contributed by atoms with Gasteiger partial charge in [0.15, 0.2) is 0 Å². The second-order valence-electron chi connectivity index (χ2n) is 4.37. The van der Waals surface area contributed by atoms with E-state index in [0.717, 1.165) is 26.0 Å². The molecule has 0 aromatic carbocycles. The third-order valence-corrected chi connectivity index (χ3v) is 2.79. The van der Waals surface area contributed by atoms with Gasteiger partial charge in [-0.3, -0.25) is 4.79 Å². The predicted molar refractivity (Wildman–Crippen MR) is 59.7 cm³/mol. The summed E-state index contributed by atoms with van der Waals surface area (Å²) >= 11 is 0. The number of rotatable bonds is 4. The van der Waals surface area contributed by atoms with Gasteiger partial charge in [0, 0.05) is 25.1 Å². The summed E-state index contributed by atoms with van der Waals surface area (Å²) in [6.45, 7) is 5.47. The number of ether oxygens (including phenoxy) is 1. The van der Waals surface area contributed by atoms with Crippen LogP contribution in [-0.2, 0) is 9.53 Å². The lowest BCUT2D eigenvalue weighted by atomic mass is 10.0. The Balaban J connectivity index is 2.30. The van der Waals surface area contributed by atoms with Gasteiger partial charge >= 0.3 is 0 Å². The molecule has 1 heterocycles. The summed E-state index contributed by atoms with van der Waals surface area (Å²) in [6.07, 6.45) is 2.13. The van der Waals surface area contributed by atoms with Gasteiger partial charge in [0.25, 0.3) is 0 Å². The maximum absolute atomic E-state index is 11.7. The number of hydrogen-bond donors (Lipinski definition) is 2. The predicted octanol–water partition coefficient (Wildman–Crippen LogP) is 0.526. The van der Waals surface area contributed by atoms with Crippen LogP contribution in [0.1, 0.15) is 26.7 Å². The largest absolute Gasteiger partial charge is 0.378 e. The Hall–Kier alpha value is -0.610. The van der Waals surface area contributed by atoms with Crippen molar-refractivity contribution in [1.29, 1.82) is 0 Å². The summed E-state index contributed by atoms with van der Waals surface area (Å²) in [6, 6.07) is 0.292. The molecule has 1 amide bonds. The van der Waals surface area contributed by atoms with E-state index in [9.17, 15) is 4.79 Å². The molecule has 88 valence electrons. The van der Waals surface area contributed by atoms with Crippen LogP contribution < -0.4 is 10.6 Å². The average molecular weight is 214 g/mol. The molecule has 1 fully saturated rings. The van der Waals surface area contributed by atoms with Gasteiger partial charge in [-0.2, -0.15) is 0 Å². The molecule has 0 spiro atoms.